The summed E-state index contributed by atoms with van der Waals surface area (Å²) < 4.78 is 7.66. The molecule has 0 aliphatic rings. The van der Waals surface area contributed by atoms with Gasteiger partial charge in [0.15, 0.2) is 6.61 Å². The van der Waals surface area contributed by atoms with Crippen LogP contribution in [0.15, 0.2) is 59.7 Å². The van der Waals surface area contributed by atoms with Crippen molar-refractivity contribution in [3.05, 3.63) is 76.6 Å². The summed E-state index contributed by atoms with van der Waals surface area (Å²) in [6, 6.07) is 17.2. The van der Waals surface area contributed by atoms with Gasteiger partial charge in [-0.15, -0.1) is 0 Å². The van der Waals surface area contributed by atoms with E-state index in [9.17, 15) is 4.79 Å². The van der Waals surface area contributed by atoms with Crippen LogP contribution in [0.2, 0.25) is 5.02 Å². The molecule has 0 unspecified atom stereocenters. The fourth-order valence-corrected chi connectivity index (χ4v) is 3.24. The zero-order valence-corrected chi connectivity index (χ0v) is 18.3. The van der Waals surface area contributed by atoms with Gasteiger partial charge < -0.3 is 14.2 Å². The molecule has 6 nitrogen and oxygen atoms in total. The molecule has 0 aliphatic heterocycles. The number of amides is 1. The number of hydrazone groups is 1. The predicted octanol–water partition coefficient (Wildman–Crippen LogP) is 4.34. The molecule has 1 heterocycles. The molecule has 0 spiro atoms. The van der Waals surface area contributed by atoms with E-state index in [0.29, 0.717) is 10.8 Å². The number of ether oxygens (including phenoxy) is 1. The highest BCUT2D eigenvalue weighted by Crippen LogP contribution is 2.21. The normalized spacial score (nSPS) is 11.0. The Morgan fingerprint density at radius 1 is 1.17 bits per heavy atom. The van der Waals surface area contributed by atoms with Crippen LogP contribution in [0, 0.1) is 13.8 Å². The molecule has 2 aromatic carbocycles. The van der Waals surface area contributed by atoms with E-state index in [1.54, 1.807) is 6.21 Å². The van der Waals surface area contributed by atoms with E-state index < -0.39 is 0 Å². The molecule has 0 aliphatic carbocycles. The molecule has 156 valence electrons. The summed E-state index contributed by atoms with van der Waals surface area (Å²) in [7, 11) is 3.90. The number of carbonyl (C=O) groups excluding carboxylic acids is 1. The largest absolute Gasteiger partial charge is 0.484 e. The van der Waals surface area contributed by atoms with Crippen LogP contribution >= 0.6 is 11.6 Å². The van der Waals surface area contributed by atoms with E-state index in [1.165, 1.54) is 0 Å². The van der Waals surface area contributed by atoms with Crippen LogP contribution in [-0.2, 0) is 4.79 Å². The maximum Gasteiger partial charge on any atom is 0.277 e. The Bertz CT molecular complexity index is 1060. The second-order valence-corrected chi connectivity index (χ2v) is 7.55. The number of benzene rings is 2. The minimum Gasteiger partial charge on any atom is -0.484 e. The zero-order chi connectivity index (χ0) is 21.7. The molecule has 1 amide bonds. The third kappa shape index (κ3) is 5.21. The van der Waals surface area contributed by atoms with Gasteiger partial charge in [-0.05, 0) is 56.3 Å². The highest BCUT2D eigenvalue weighted by molar-refractivity contribution is 6.30. The molecule has 0 saturated carbocycles. The van der Waals surface area contributed by atoms with Crippen molar-refractivity contribution in [3.8, 4) is 11.4 Å². The van der Waals surface area contributed by atoms with E-state index in [0.717, 1.165) is 28.3 Å². The molecular weight excluding hydrogens is 400 g/mol. The molecule has 0 atom stereocenters. The van der Waals surface area contributed by atoms with E-state index >= 15 is 0 Å². The van der Waals surface area contributed by atoms with E-state index in [2.05, 4.69) is 15.1 Å². The Morgan fingerprint density at radius 3 is 2.60 bits per heavy atom. The van der Waals surface area contributed by atoms with Gasteiger partial charge in [-0.3, -0.25) is 4.79 Å². The van der Waals surface area contributed by atoms with Gasteiger partial charge in [-0.2, -0.15) is 5.10 Å². The standard InChI is InChI=1S/C23H25ClN4O2/c1-16-12-18(17(2)28(16)20-10-8-19(24)9-11-20)14-25-26-23(29)15-30-22-7-5-6-21(13-22)27(3)4/h5-14H,15H2,1-4H3,(H,26,29)/b25-14+. The first-order valence-corrected chi connectivity index (χ1v) is 9.90. The minimum atomic E-state index is -0.326. The summed E-state index contributed by atoms with van der Waals surface area (Å²) in [6.45, 7) is 3.91. The number of anilines is 1. The number of rotatable bonds is 7. The molecule has 1 N–H and O–H groups in total. The predicted molar refractivity (Wildman–Crippen MR) is 122 cm³/mol. The van der Waals surface area contributed by atoms with Crippen molar-refractivity contribution in [2.45, 2.75) is 13.8 Å². The van der Waals surface area contributed by atoms with E-state index in [4.69, 9.17) is 16.3 Å². The monoisotopic (exact) mass is 424 g/mol. The van der Waals surface area contributed by atoms with Crippen molar-refractivity contribution in [2.24, 2.45) is 5.10 Å². The van der Waals surface area contributed by atoms with E-state index in [-0.39, 0.29) is 12.5 Å². The van der Waals surface area contributed by atoms with Crippen LogP contribution in [0.1, 0.15) is 17.0 Å². The molecule has 1 aromatic heterocycles. The molecule has 7 heteroatoms. The summed E-state index contributed by atoms with van der Waals surface area (Å²) in [4.78, 5) is 14.0. The van der Waals surface area contributed by atoms with Crippen LogP contribution in [0.4, 0.5) is 5.69 Å². The topological polar surface area (TPSA) is 58.9 Å². The number of aromatic nitrogens is 1. The Balaban J connectivity index is 1.60. The molecule has 0 radical (unpaired) electrons. The quantitative estimate of drug-likeness (QED) is 0.453. The fraction of sp³-hybridized carbons (Fsp3) is 0.217. The summed E-state index contributed by atoms with van der Waals surface area (Å²) in [5, 5.41) is 4.77. The van der Waals surface area contributed by atoms with Gasteiger partial charge >= 0.3 is 0 Å². The number of carbonyl (C=O) groups is 1. The molecule has 30 heavy (non-hydrogen) atoms. The lowest BCUT2D eigenvalue weighted by molar-refractivity contribution is -0.123. The fourth-order valence-electron chi connectivity index (χ4n) is 3.11. The van der Waals surface area contributed by atoms with Crippen molar-refractivity contribution in [1.29, 1.82) is 0 Å². The first-order valence-electron chi connectivity index (χ1n) is 9.52. The molecule has 3 rings (SSSR count). The number of aryl methyl sites for hydroxylation is 1. The molecule has 0 bridgehead atoms. The number of hydrogen-bond donors (Lipinski definition) is 1. The van der Waals surface area contributed by atoms with Crippen LogP contribution in [-0.4, -0.2) is 37.4 Å². The highest BCUT2D eigenvalue weighted by Gasteiger charge is 2.10. The summed E-state index contributed by atoms with van der Waals surface area (Å²) in [6.07, 6.45) is 1.64. The summed E-state index contributed by atoms with van der Waals surface area (Å²) in [5.74, 6) is 0.305. The maximum absolute atomic E-state index is 12.1. The molecular formula is C23H25ClN4O2. The van der Waals surface area contributed by atoms with Gasteiger partial charge in [0.1, 0.15) is 5.75 Å². The lowest BCUT2D eigenvalue weighted by atomic mass is 10.2. The second kappa shape index (κ2) is 9.50. The van der Waals surface area contributed by atoms with Gasteiger partial charge in [0.25, 0.3) is 5.91 Å². The third-order valence-electron chi connectivity index (χ3n) is 4.65. The van der Waals surface area contributed by atoms with Crippen molar-refractivity contribution in [3.63, 3.8) is 0 Å². The molecule has 3 aromatic rings. The Labute approximate surface area is 181 Å². The van der Waals surface area contributed by atoms with Crippen LogP contribution in [0.5, 0.6) is 5.75 Å². The number of nitrogens with zero attached hydrogens (tertiary/aromatic N) is 3. The number of hydrogen-bond acceptors (Lipinski definition) is 4. The third-order valence-corrected chi connectivity index (χ3v) is 4.90. The maximum atomic E-state index is 12.1. The lowest BCUT2D eigenvalue weighted by Gasteiger charge is -2.13. The lowest BCUT2D eigenvalue weighted by Crippen LogP contribution is -2.24. The van der Waals surface area contributed by atoms with Gasteiger partial charge in [-0.25, -0.2) is 5.43 Å². The highest BCUT2D eigenvalue weighted by atomic mass is 35.5. The summed E-state index contributed by atoms with van der Waals surface area (Å²) >= 11 is 5.99. The summed E-state index contributed by atoms with van der Waals surface area (Å²) in [5.41, 5.74) is 7.53. The van der Waals surface area contributed by atoms with Crippen LogP contribution in [0.3, 0.4) is 0 Å². The first kappa shape index (κ1) is 21.5. The van der Waals surface area contributed by atoms with Crippen molar-refractivity contribution >= 4 is 29.4 Å². The SMILES string of the molecule is Cc1cc(/C=N/NC(=O)COc2cccc(N(C)C)c2)c(C)n1-c1ccc(Cl)cc1. The minimum absolute atomic E-state index is 0.113. The van der Waals surface area contributed by atoms with Crippen LogP contribution < -0.4 is 15.1 Å². The average Bonchev–Trinajstić information content (AvgIpc) is 3.00. The average molecular weight is 425 g/mol. The molecule has 0 saturated heterocycles. The Morgan fingerprint density at radius 2 is 1.90 bits per heavy atom. The van der Waals surface area contributed by atoms with Gasteiger partial charge in [0.05, 0.1) is 6.21 Å². The Hall–Kier alpha value is -3.25. The second-order valence-electron chi connectivity index (χ2n) is 7.11. The smallest absolute Gasteiger partial charge is 0.277 e. The van der Waals surface area contributed by atoms with Crippen molar-refractivity contribution < 1.29 is 9.53 Å². The van der Waals surface area contributed by atoms with Gasteiger partial charge in [0.2, 0.25) is 0 Å². The van der Waals surface area contributed by atoms with Crippen molar-refractivity contribution in [1.82, 2.24) is 9.99 Å². The van der Waals surface area contributed by atoms with Crippen molar-refractivity contribution in [2.75, 3.05) is 25.6 Å². The zero-order valence-electron chi connectivity index (χ0n) is 17.5. The first-order chi connectivity index (χ1) is 14.3. The van der Waals surface area contributed by atoms with Crippen LogP contribution in [0.25, 0.3) is 5.69 Å². The van der Waals surface area contributed by atoms with Gasteiger partial charge in [0, 0.05) is 53.5 Å². The molecule has 0 fully saturated rings. The number of halogens is 1. The number of nitrogens with one attached hydrogen (secondary N) is 1. The Kier molecular flexibility index (Phi) is 6.79. The van der Waals surface area contributed by atoms with E-state index in [1.807, 2.05) is 87.4 Å². The van der Waals surface area contributed by atoms with Gasteiger partial charge in [-0.1, -0.05) is 17.7 Å².